The van der Waals surface area contributed by atoms with Crippen molar-refractivity contribution < 1.29 is 9.53 Å². The van der Waals surface area contributed by atoms with Gasteiger partial charge in [0.25, 0.3) is 5.91 Å². The summed E-state index contributed by atoms with van der Waals surface area (Å²) in [7, 11) is 0. The summed E-state index contributed by atoms with van der Waals surface area (Å²) in [6.45, 7) is 8.35. The highest BCUT2D eigenvalue weighted by molar-refractivity contribution is 7.21. The molecule has 1 amide bonds. The van der Waals surface area contributed by atoms with Gasteiger partial charge in [0.15, 0.2) is 0 Å². The molecule has 5 rings (SSSR count). The number of aryl methyl sites for hydroxylation is 2. The molecule has 0 aliphatic carbocycles. The molecule has 6 nitrogen and oxygen atoms in total. The third kappa shape index (κ3) is 3.56. The number of aromatic nitrogens is 2. The summed E-state index contributed by atoms with van der Waals surface area (Å²) in [6, 6.07) is 10.5. The zero-order valence-corrected chi connectivity index (χ0v) is 18.2. The van der Waals surface area contributed by atoms with E-state index in [0.717, 1.165) is 41.7 Å². The molecule has 2 aliphatic rings. The fourth-order valence-corrected chi connectivity index (χ4v) is 5.86. The van der Waals surface area contributed by atoms with Crippen molar-refractivity contribution in [1.29, 1.82) is 0 Å². The maximum atomic E-state index is 13.4. The van der Waals surface area contributed by atoms with E-state index in [1.807, 2.05) is 18.7 Å². The van der Waals surface area contributed by atoms with Gasteiger partial charge in [-0.1, -0.05) is 18.2 Å². The minimum Gasteiger partial charge on any atom is -0.378 e. The Hall–Kier alpha value is -2.51. The van der Waals surface area contributed by atoms with Gasteiger partial charge >= 0.3 is 0 Å². The van der Waals surface area contributed by atoms with Crippen molar-refractivity contribution in [3.8, 4) is 0 Å². The number of carbonyl (C=O) groups excluding carboxylic acids is 1. The van der Waals surface area contributed by atoms with Gasteiger partial charge in [0, 0.05) is 48.6 Å². The van der Waals surface area contributed by atoms with Gasteiger partial charge in [-0.3, -0.25) is 4.79 Å². The average molecular weight is 423 g/mol. The number of amides is 1. The number of rotatable bonds is 3. The predicted octanol–water partition coefficient (Wildman–Crippen LogP) is 3.77. The van der Waals surface area contributed by atoms with Gasteiger partial charge in [0.05, 0.1) is 18.1 Å². The van der Waals surface area contributed by atoms with Crippen molar-refractivity contribution in [2.24, 2.45) is 0 Å². The van der Waals surface area contributed by atoms with Crippen LogP contribution in [0.2, 0.25) is 0 Å². The number of hydrogen-bond acceptors (Lipinski definition) is 6. The summed E-state index contributed by atoms with van der Waals surface area (Å²) in [5, 5.41) is 1.22. The number of ether oxygens (including phenoxy) is 1. The van der Waals surface area contributed by atoms with Crippen molar-refractivity contribution in [1.82, 2.24) is 14.9 Å². The second-order valence-electron chi connectivity index (χ2n) is 8.09. The summed E-state index contributed by atoms with van der Waals surface area (Å²) in [5.41, 5.74) is 2.21. The lowest BCUT2D eigenvalue weighted by molar-refractivity contribution is 0.0305. The summed E-state index contributed by atoms with van der Waals surface area (Å²) >= 11 is 1.64. The Morgan fingerprint density at radius 2 is 1.93 bits per heavy atom. The SMILES string of the molecule is Cc1cc(N2CC[C@H](c3c(C(=O)N4CCOCC4)sc4ccccc34)C2)nc(C)n1. The Morgan fingerprint density at radius 1 is 1.13 bits per heavy atom. The first-order chi connectivity index (χ1) is 14.6. The first kappa shape index (κ1) is 19.5. The topological polar surface area (TPSA) is 58.6 Å². The number of thiophene rings is 1. The van der Waals surface area contributed by atoms with Crippen molar-refractivity contribution in [3.05, 3.63) is 52.3 Å². The van der Waals surface area contributed by atoms with E-state index in [-0.39, 0.29) is 5.91 Å². The van der Waals surface area contributed by atoms with E-state index in [1.54, 1.807) is 11.3 Å². The second-order valence-corrected chi connectivity index (χ2v) is 9.14. The third-order valence-electron chi connectivity index (χ3n) is 6.00. The number of hydrogen-bond donors (Lipinski definition) is 0. The smallest absolute Gasteiger partial charge is 0.264 e. The Morgan fingerprint density at radius 3 is 2.73 bits per heavy atom. The van der Waals surface area contributed by atoms with Crippen LogP contribution in [0.1, 0.15) is 39.1 Å². The van der Waals surface area contributed by atoms with E-state index in [9.17, 15) is 4.79 Å². The minimum absolute atomic E-state index is 0.154. The van der Waals surface area contributed by atoms with Crippen LogP contribution < -0.4 is 4.90 Å². The van der Waals surface area contributed by atoms with Crippen LogP contribution in [0, 0.1) is 13.8 Å². The Balaban J connectivity index is 1.49. The standard InChI is InChI=1S/C23H26N4O2S/c1-15-13-20(25-16(2)24-15)27-8-7-17(14-27)21-18-5-3-4-6-19(18)30-22(21)23(28)26-9-11-29-12-10-26/h3-6,13,17H,7-12,14H2,1-2H3/t17-/m0/s1. The predicted molar refractivity (Wildman–Crippen MR) is 120 cm³/mol. The molecule has 1 aromatic carbocycles. The van der Waals surface area contributed by atoms with Crippen LogP contribution >= 0.6 is 11.3 Å². The van der Waals surface area contributed by atoms with E-state index in [2.05, 4.69) is 45.2 Å². The highest BCUT2D eigenvalue weighted by Crippen LogP contribution is 2.41. The summed E-state index contributed by atoms with van der Waals surface area (Å²) in [4.78, 5) is 27.7. The molecule has 0 saturated carbocycles. The number of fused-ring (bicyclic) bond motifs is 1. The Bertz CT molecular complexity index is 1070. The van der Waals surface area contributed by atoms with Crippen molar-refractivity contribution in [2.75, 3.05) is 44.3 Å². The van der Waals surface area contributed by atoms with Gasteiger partial charge in [-0.2, -0.15) is 0 Å². The van der Waals surface area contributed by atoms with Crippen LogP contribution in [0.15, 0.2) is 30.3 Å². The van der Waals surface area contributed by atoms with Crippen LogP contribution in [0.4, 0.5) is 5.82 Å². The maximum absolute atomic E-state index is 13.4. The first-order valence-corrected chi connectivity index (χ1v) is 11.4. The summed E-state index contributed by atoms with van der Waals surface area (Å²) in [6.07, 6.45) is 1.02. The zero-order chi connectivity index (χ0) is 20.7. The van der Waals surface area contributed by atoms with Crippen molar-refractivity contribution >= 4 is 33.1 Å². The molecule has 0 radical (unpaired) electrons. The summed E-state index contributed by atoms with van der Waals surface area (Å²) < 4.78 is 6.64. The van der Waals surface area contributed by atoms with E-state index >= 15 is 0 Å². The lowest BCUT2D eigenvalue weighted by Gasteiger charge is -2.27. The van der Waals surface area contributed by atoms with E-state index in [4.69, 9.17) is 4.74 Å². The molecule has 0 spiro atoms. The van der Waals surface area contributed by atoms with Crippen LogP contribution in [-0.2, 0) is 4.74 Å². The quantitative estimate of drug-likeness (QED) is 0.643. The van der Waals surface area contributed by atoms with Crippen molar-refractivity contribution in [3.63, 3.8) is 0 Å². The molecular weight excluding hydrogens is 396 g/mol. The first-order valence-electron chi connectivity index (χ1n) is 10.6. The molecule has 3 aromatic rings. The van der Waals surface area contributed by atoms with Gasteiger partial charge in [-0.05, 0) is 37.3 Å². The van der Waals surface area contributed by atoms with Crippen LogP contribution in [0.3, 0.4) is 0 Å². The lowest BCUT2D eigenvalue weighted by atomic mass is 9.94. The maximum Gasteiger partial charge on any atom is 0.264 e. The normalized spacial score (nSPS) is 19.6. The van der Waals surface area contributed by atoms with Gasteiger partial charge in [-0.25, -0.2) is 9.97 Å². The monoisotopic (exact) mass is 422 g/mol. The molecule has 30 heavy (non-hydrogen) atoms. The minimum atomic E-state index is 0.154. The van der Waals surface area contributed by atoms with Crippen LogP contribution in [0.5, 0.6) is 0 Å². The fourth-order valence-electron chi connectivity index (χ4n) is 4.60. The third-order valence-corrected chi connectivity index (χ3v) is 7.17. The largest absolute Gasteiger partial charge is 0.378 e. The fraction of sp³-hybridized carbons (Fsp3) is 0.435. The molecule has 156 valence electrons. The van der Waals surface area contributed by atoms with Gasteiger partial charge in [0.2, 0.25) is 0 Å². The average Bonchev–Trinajstić information content (AvgIpc) is 3.38. The molecule has 4 heterocycles. The highest BCUT2D eigenvalue weighted by Gasteiger charge is 2.33. The number of benzene rings is 1. The second kappa shape index (κ2) is 7.96. The number of morpholine rings is 1. The molecule has 2 fully saturated rings. The molecule has 0 unspecified atom stereocenters. The molecule has 0 bridgehead atoms. The molecular formula is C23H26N4O2S. The van der Waals surface area contributed by atoms with Gasteiger partial charge in [0.1, 0.15) is 11.6 Å². The number of carbonyl (C=O) groups is 1. The van der Waals surface area contributed by atoms with Gasteiger partial charge in [-0.15, -0.1) is 11.3 Å². The molecule has 2 aliphatic heterocycles. The molecule has 2 saturated heterocycles. The molecule has 7 heteroatoms. The van der Waals surface area contributed by atoms with E-state index < -0.39 is 0 Å². The molecule has 0 N–H and O–H groups in total. The van der Waals surface area contributed by atoms with E-state index in [0.29, 0.717) is 32.2 Å². The Labute approximate surface area is 180 Å². The summed E-state index contributed by atoms with van der Waals surface area (Å²) in [5.74, 6) is 2.26. The highest BCUT2D eigenvalue weighted by atomic mass is 32.1. The Kier molecular flexibility index (Phi) is 5.16. The zero-order valence-electron chi connectivity index (χ0n) is 17.4. The van der Waals surface area contributed by atoms with Crippen LogP contribution in [0.25, 0.3) is 10.1 Å². The van der Waals surface area contributed by atoms with Crippen molar-refractivity contribution in [2.45, 2.75) is 26.2 Å². The number of anilines is 1. The van der Waals surface area contributed by atoms with E-state index in [1.165, 1.54) is 15.6 Å². The molecule has 2 aromatic heterocycles. The lowest BCUT2D eigenvalue weighted by Crippen LogP contribution is -2.40. The van der Waals surface area contributed by atoms with Crippen LogP contribution in [-0.4, -0.2) is 60.2 Å². The van der Waals surface area contributed by atoms with Gasteiger partial charge < -0.3 is 14.5 Å². The molecule has 1 atom stereocenters. The number of nitrogens with zero attached hydrogens (tertiary/aromatic N) is 4.